The lowest BCUT2D eigenvalue weighted by Gasteiger charge is -2.28. The molecule has 3 rings (SSSR count). The SMILES string of the molecule is CC(C)C(O)C1(CNC2CCCOc3cc(Br)ccc32)CC1. The molecule has 3 nitrogen and oxygen atoms in total. The quantitative estimate of drug-likeness (QED) is 0.824. The molecule has 1 aliphatic heterocycles. The number of aliphatic hydroxyl groups is 1. The monoisotopic (exact) mass is 367 g/mol. The molecule has 1 heterocycles. The zero-order valence-electron chi connectivity index (χ0n) is 13.4. The number of hydrogen-bond donors (Lipinski definition) is 2. The maximum atomic E-state index is 10.5. The van der Waals surface area contributed by atoms with Gasteiger partial charge < -0.3 is 15.2 Å². The molecule has 0 spiro atoms. The van der Waals surface area contributed by atoms with Crippen LogP contribution in [0, 0.1) is 11.3 Å². The molecule has 1 aliphatic carbocycles. The van der Waals surface area contributed by atoms with E-state index < -0.39 is 0 Å². The van der Waals surface area contributed by atoms with Crippen LogP contribution in [0.15, 0.2) is 22.7 Å². The molecule has 1 aromatic carbocycles. The van der Waals surface area contributed by atoms with Crippen LogP contribution in [0.2, 0.25) is 0 Å². The first-order valence-corrected chi connectivity index (χ1v) is 9.15. The second kappa shape index (κ2) is 6.50. The van der Waals surface area contributed by atoms with Crippen molar-refractivity contribution in [2.24, 2.45) is 11.3 Å². The van der Waals surface area contributed by atoms with Crippen LogP contribution in [-0.2, 0) is 0 Å². The Kier molecular flexibility index (Phi) is 4.81. The van der Waals surface area contributed by atoms with Gasteiger partial charge in [0.1, 0.15) is 5.75 Å². The molecule has 0 bridgehead atoms. The van der Waals surface area contributed by atoms with Gasteiger partial charge in [-0.05, 0) is 43.7 Å². The van der Waals surface area contributed by atoms with Gasteiger partial charge in [-0.3, -0.25) is 0 Å². The normalized spacial score (nSPS) is 24.3. The van der Waals surface area contributed by atoms with Crippen molar-refractivity contribution in [1.29, 1.82) is 0 Å². The van der Waals surface area contributed by atoms with E-state index in [1.54, 1.807) is 0 Å². The molecule has 2 atom stereocenters. The summed E-state index contributed by atoms with van der Waals surface area (Å²) < 4.78 is 6.93. The van der Waals surface area contributed by atoms with E-state index in [-0.39, 0.29) is 11.5 Å². The largest absolute Gasteiger partial charge is 0.493 e. The number of fused-ring (bicyclic) bond motifs is 1. The Morgan fingerprint density at radius 3 is 2.86 bits per heavy atom. The molecule has 2 aliphatic rings. The Morgan fingerprint density at radius 1 is 1.41 bits per heavy atom. The van der Waals surface area contributed by atoms with E-state index in [0.717, 1.165) is 49.1 Å². The number of aliphatic hydroxyl groups excluding tert-OH is 1. The van der Waals surface area contributed by atoms with E-state index in [1.807, 2.05) is 0 Å². The minimum Gasteiger partial charge on any atom is -0.493 e. The van der Waals surface area contributed by atoms with Gasteiger partial charge in [0.25, 0.3) is 0 Å². The highest BCUT2D eigenvalue weighted by Crippen LogP contribution is 2.50. The molecular weight excluding hydrogens is 342 g/mol. The van der Waals surface area contributed by atoms with E-state index in [0.29, 0.717) is 12.0 Å². The summed E-state index contributed by atoms with van der Waals surface area (Å²) in [5.74, 6) is 1.31. The number of hydrogen-bond acceptors (Lipinski definition) is 3. The van der Waals surface area contributed by atoms with Gasteiger partial charge in [-0.25, -0.2) is 0 Å². The predicted molar refractivity (Wildman–Crippen MR) is 92.1 cm³/mol. The molecule has 122 valence electrons. The second-order valence-electron chi connectivity index (χ2n) is 7.16. The summed E-state index contributed by atoms with van der Waals surface area (Å²) in [7, 11) is 0. The second-order valence-corrected chi connectivity index (χ2v) is 8.07. The van der Waals surface area contributed by atoms with Crippen LogP contribution in [0.5, 0.6) is 5.75 Å². The van der Waals surface area contributed by atoms with E-state index in [2.05, 4.69) is 53.3 Å². The standard InChI is InChI=1S/C18H26BrNO2/c1-12(2)17(21)18(7-8-18)11-20-15-4-3-9-22-16-10-13(19)5-6-14(15)16/h5-6,10,12,15,17,20-21H,3-4,7-9,11H2,1-2H3. The van der Waals surface area contributed by atoms with Crippen LogP contribution in [0.3, 0.4) is 0 Å². The number of rotatable bonds is 5. The Bertz CT molecular complexity index is 528. The smallest absolute Gasteiger partial charge is 0.125 e. The van der Waals surface area contributed by atoms with Crippen molar-refractivity contribution in [2.45, 2.75) is 51.7 Å². The highest BCUT2D eigenvalue weighted by Gasteiger charge is 2.49. The third kappa shape index (κ3) is 3.34. The molecular formula is C18H26BrNO2. The minimum atomic E-state index is -0.202. The Balaban J connectivity index is 1.71. The average Bonchev–Trinajstić information content (AvgIpc) is 3.28. The van der Waals surface area contributed by atoms with Crippen molar-refractivity contribution in [3.8, 4) is 5.75 Å². The lowest BCUT2D eigenvalue weighted by molar-refractivity contribution is 0.0487. The van der Waals surface area contributed by atoms with Crippen molar-refractivity contribution in [3.05, 3.63) is 28.2 Å². The van der Waals surface area contributed by atoms with Crippen LogP contribution in [0.25, 0.3) is 0 Å². The molecule has 0 saturated heterocycles. The summed E-state index contributed by atoms with van der Waals surface area (Å²) in [6, 6.07) is 6.62. The lowest BCUT2D eigenvalue weighted by atomic mass is 9.89. The summed E-state index contributed by atoms with van der Waals surface area (Å²) in [6.07, 6.45) is 4.21. The fraction of sp³-hybridized carbons (Fsp3) is 0.667. The molecule has 2 unspecified atom stereocenters. The summed E-state index contributed by atoms with van der Waals surface area (Å²) in [4.78, 5) is 0. The highest BCUT2D eigenvalue weighted by atomic mass is 79.9. The van der Waals surface area contributed by atoms with Crippen molar-refractivity contribution in [2.75, 3.05) is 13.2 Å². The van der Waals surface area contributed by atoms with E-state index in [4.69, 9.17) is 4.74 Å². The summed E-state index contributed by atoms with van der Waals surface area (Å²) in [6.45, 7) is 5.89. The number of nitrogens with one attached hydrogen (secondary N) is 1. The van der Waals surface area contributed by atoms with E-state index >= 15 is 0 Å². The summed E-state index contributed by atoms with van der Waals surface area (Å²) in [5.41, 5.74) is 1.34. The van der Waals surface area contributed by atoms with Gasteiger partial charge in [-0.1, -0.05) is 35.8 Å². The maximum absolute atomic E-state index is 10.5. The Hall–Kier alpha value is -0.580. The molecule has 0 radical (unpaired) electrons. The third-order valence-electron chi connectivity index (χ3n) is 5.10. The van der Waals surface area contributed by atoms with Crippen molar-refractivity contribution < 1.29 is 9.84 Å². The van der Waals surface area contributed by atoms with Gasteiger partial charge in [-0.2, -0.15) is 0 Å². The minimum absolute atomic E-state index is 0.0941. The fourth-order valence-electron chi connectivity index (χ4n) is 3.53. The molecule has 0 aromatic heterocycles. The van der Waals surface area contributed by atoms with Gasteiger partial charge in [0.05, 0.1) is 12.7 Å². The summed E-state index contributed by atoms with van der Waals surface area (Å²) in [5, 5.41) is 14.2. The first-order valence-electron chi connectivity index (χ1n) is 8.35. The Labute approximate surface area is 141 Å². The molecule has 2 N–H and O–H groups in total. The predicted octanol–water partition coefficient (Wildman–Crippen LogP) is 4.05. The van der Waals surface area contributed by atoms with E-state index in [9.17, 15) is 5.11 Å². The first-order chi connectivity index (χ1) is 10.5. The van der Waals surface area contributed by atoms with Crippen molar-refractivity contribution >= 4 is 15.9 Å². The van der Waals surface area contributed by atoms with Crippen molar-refractivity contribution in [1.82, 2.24) is 5.32 Å². The zero-order valence-corrected chi connectivity index (χ0v) is 15.0. The van der Waals surface area contributed by atoms with Gasteiger partial charge in [0.2, 0.25) is 0 Å². The van der Waals surface area contributed by atoms with E-state index in [1.165, 1.54) is 5.56 Å². The molecule has 0 amide bonds. The van der Waals surface area contributed by atoms with Crippen LogP contribution >= 0.6 is 15.9 Å². The molecule has 22 heavy (non-hydrogen) atoms. The third-order valence-corrected chi connectivity index (χ3v) is 5.59. The first kappa shape index (κ1) is 16.3. The Morgan fingerprint density at radius 2 is 2.18 bits per heavy atom. The topological polar surface area (TPSA) is 41.5 Å². The maximum Gasteiger partial charge on any atom is 0.125 e. The molecule has 1 aromatic rings. The van der Waals surface area contributed by atoms with Gasteiger partial charge in [-0.15, -0.1) is 0 Å². The van der Waals surface area contributed by atoms with Crippen LogP contribution in [-0.4, -0.2) is 24.4 Å². The zero-order chi connectivity index (χ0) is 15.7. The number of benzene rings is 1. The fourth-order valence-corrected chi connectivity index (χ4v) is 3.87. The molecule has 4 heteroatoms. The highest BCUT2D eigenvalue weighted by molar-refractivity contribution is 9.10. The van der Waals surface area contributed by atoms with Gasteiger partial charge in [0, 0.05) is 28.0 Å². The number of ether oxygens (including phenoxy) is 1. The van der Waals surface area contributed by atoms with Gasteiger partial charge in [0.15, 0.2) is 0 Å². The average molecular weight is 368 g/mol. The van der Waals surface area contributed by atoms with Gasteiger partial charge >= 0.3 is 0 Å². The van der Waals surface area contributed by atoms with Crippen LogP contribution in [0.4, 0.5) is 0 Å². The number of halogens is 1. The molecule has 1 fully saturated rings. The lowest BCUT2D eigenvalue weighted by Crippen LogP contribution is -2.37. The van der Waals surface area contributed by atoms with Crippen LogP contribution in [0.1, 0.15) is 51.1 Å². The van der Waals surface area contributed by atoms with Crippen molar-refractivity contribution in [3.63, 3.8) is 0 Å². The summed E-state index contributed by atoms with van der Waals surface area (Å²) >= 11 is 3.52. The van der Waals surface area contributed by atoms with Crippen LogP contribution < -0.4 is 10.1 Å². The molecule has 1 saturated carbocycles.